The number of rotatable bonds is 2. The molecular weight excluding hydrogens is 250 g/mol. The fourth-order valence-electron chi connectivity index (χ4n) is 1.68. The number of nitrogens with zero attached hydrogens (tertiary/aromatic N) is 1. The van der Waals surface area contributed by atoms with Gasteiger partial charge in [-0.15, -0.1) is 0 Å². The number of nitrogen functional groups attached to an aromatic ring is 1. The standard InChI is InChI=1S/C13H10ClN3O/c14-9-6-5-8(15)7-11(9)17-13-16-10-3-1-2-4-12(10)18-13/h1-7H,15H2,(H,16,17). The van der Waals surface area contributed by atoms with Crippen molar-refractivity contribution in [3.63, 3.8) is 0 Å². The second-order valence-corrected chi connectivity index (χ2v) is 4.26. The molecule has 3 rings (SSSR count). The van der Waals surface area contributed by atoms with Gasteiger partial charge in [-0.05, 0) is 30.3 Å². The van der Waals surface area contributed by atoms with E-state index < -0.39 is 0 Å². The number of halogens is 1. The third kappa shape index (κ3) is 1.98. The molecule has 0 spiro atoms. The van der Waals surface area contributed by atoms with Gasteiger partial charge in [-0.3, -0.25) is 0 Å². The molecule has 0 radical (unpaired) electrons. The summed E-state index contributed by atoms with van der Waals surface area (Å²) in [6, 6.07) is 13.1. The van der Waals surface area contributed by atoms with E-state index in [1.54, 1.807) is 18.2 Å². The van der Waals surface area contributed by atoms with Crippen LogP contribution in [0.25, 0.3) is 11.1 Å². The third-order valence-corrected chi connectivity index (χ3v) is 2.86. The van der Waals surface area contributed by atoms with Crippen molar-refractivity contribution in [2.75, 3.05) is 11.1 Å². The molecule has 3 aromatic rings. The SMILES string of the molecule is Nc1ccc(Cl)c(Nc2nc3ccccc3o2)c1. The van der Waals surface area contributed by atoms with Crippen LogP contribution in [0.3, 0.4) is 0 Å². The Labute approximate surface area is 108 Å². The highest BCUT2D eigenvalue weighted by atomic mass is 35.5. The maximum Gasteiger partial charge on any atom is 0.300 e. The lowest BCUT2D eigenvalue weighted by atomic mass is 10.3. The highest BCUT2D eigenvalue weighted by molar-refractivity contribution is 6.33. The molecule has 0 saturated carbocycles. The van der Waals surface area contributed by atoms with Crippen LogP contribution in [0.15, 0.2) is 46.9 Å². The van der Waals surface area contributed by atoms with Gasteiger partial charge in [0.25, 0.3) is 6.01 Å². The number of oxazole rings is 1. The van der Waals surface area contributed by atoms with Crippen molar-refractivity contribution in [2.24, 2.45) is 0 Å². The van der Waals surface area contributed by atoms with E-state index >= 15 is 0 Å². The Bertz CT molecular complexity index is 675. The number of hydrogen-bond donors (Lipinski definition) is 2. The van der Waals surface area contributed by atoms with Gasteiger partial charge in [-0.25, -0.2) is 0 Å². The van der Waals surface area contributed by atoms with Crippen LogP contribution in [0.4, 0.5) is 17.4 Å². The number of nitrogens with two attached hydrogens (primary N) is 1. The maximum atomic E-state index is 6.06. The summed E-state index contributed by atoms with van der Waals surface area (Å²) in [6.45, 7) is 0. The first-order valence-electron chi connectivity index (χ1n) is 5.40. The van der Waals surface area contributed by atoms with Crippen LogP contribution >= 0.6 is 11.6 Å². The topological polar surface area (TPSA) is 64.1 Å². The molecule has 1 heterocycles. The van der Waals surface area contributed by atoms with E-state index in [2.05, 4.69) is 10.3 Å². The lowest BCUT2D eigenvalue weighted by Crippen LogP contribution is -1.93. The zero-order valence-corrected chi connectivity index (χ0v) is 10.1. The van der Waals surface area contributed by atoms with Crippen LogP contribution in [0.2, 0.25) is 5.02 Å². The highest BCUT2D eigenvalue weighted by Gasteiger charge is 2.07. The Morgan fingerprint density at radius 3 is 2.83 bits per heavy atom. The fraction of sp³-hybridized carbons (Fsp3) is 0. The van der Waals surface area contributed by atoms with E-state index in [-0.39, 0.29) is 0 Å². The molecule has 0 saturated heterocycles. The Balaban J connectivity index is 1.98. The summed E-state index contributed by atoms with van der Waals surface area (Å²) in [5.74, 6) is 0. The van der Waals surface area contributed by atoms with Gasteiger partial charge in [0.1, 0.15) is 5.52 Å². The van der Waals surface area contributed by atoms with Gasteiger partial charge >= 0.3 is 0 Å². The summed E-state index contributed by atoms with van der Waals surface area (Å²) in [7, 11) is 0. The molecule has 0 aliphatic carbocycles. The number of anilines is 3. The Morgan fingerprint density at radius 1 is 1.17 bits per heavy atom. The van der Waals surface area contributed by atoms with Crippen molar-refractivity contribution < 1.29 is 4.42 Å². The van der Waals surface area contributed by atoms with Crippen molar-refractivity contribution >= 4 is 40.1 Å². The molecule has 3 N–H and O–H groups in total. The molecule has 0 bridgehead atoms. The lowest BCUT2D eigenvalue weighted by Gasteiger charge is -2.04. The average Bonchev–Trinajstić information content (AvgIpc) is 2.76. The molecular formula is C13H10ClN3O. The largest absolute Gasteiger partial charge is 0.423 e. The zero-order valence-electron chi connectivity index (χ0n) is 9.35. The van der Waals surface area contributed by atoms with Crippen LogP contribution in [0.1, 0.15) is 0 Å². The summed E-state index contributed by atoms with van der Waals surface area (Å²) in [6.07, 6.45) is 0. The second kappa shape index (κ2) is 4.23. The summed E-state index contributed by atoms with van der Waals surface area (Å²) in [5, 5.41) is 3.57. The molecule has 0 aliphatic rings. The molecule has 0 atom stereocenters. The first-order chi connectivity index (χ1) is 8.72. The molecule has 18 heavy (non-hydrogen) atoms. The molecule has 0 aliphatic heterocycles. The Hall–Kier alpha value is -2.20. The normalized spacial score (nSPS) is 10.7. The van der Waals surface area contributed by atoms with E-state index in [9.17, 15) is 0 Å². The van der Waals surface area contributed by atoms with Crippen molar-refractivity contribution in [3.8, 4) is 0 Å². The number of fused-ring (bicyclic) bond motifs is 1. The van der Waals surface area contributed by atoms with Crippen LogP contribution in [0.5, 0.6) is 0 Å². The van der Waals surface area contributed by atoms with Crippen molar-refractivity contribution in [1.82, 2.24) is 4.98 Å². The smallest absolute Gasteiger partial charge is 0.300 e. The predicted octanol–water partition coefficient (Wildman–Crippen LogP) is 3.81. The van der Waals surface area contributed by atoms with Crippen molar-refractivity contribution in [1.29, 1.82) is 0 Å². The molecule has 2 aromatic carbocycles. The summed E-state index contributed by atoms with van der Waals surface area (Å²) >= 11 is 6.06. The van der Waals surface area contributed by atoms with Gasteiger partial charge in [0.15, 0.2) is 5.58 Å². The van der Waals surface area contributed by atoms with Gasteiger partial charge in [0.2, 0.25) is 0 Å². The van der Waals surface area contributed by atoms with Crippen molar-refractivity contribution in [3.05, 3.63) is 47.5 Å². The number of aromatic nitrogens is 1. The highest BCUT2D eigenvalue weighted by Crippen LogP contribution is 2.28. The first kappa shape index (κ1) is 10.9. The molecule has 1 aromatic heterocycles. The van der Waals surface area contributed by atoms with Crippen LogP contribution in [-0.2, 0) is 0 Å². The third-order valence-electron chi connectivity index (χ3n) is 2.53. The first-order valence-corrected chi connectivity index (χ1v) is 5.78. The summed E-state index contributed by atoms with van der Waals surface area (Å²) in [5.41, 5.74) is 8.51. The van der Waals surface area contributed by atoms with Gasteiger partial charge in [-0.1, -0.05) is 23.7 Å². The van der Waals surface area contributed by atoms with Crippen LogP contribution < -0.4 is 11.1 Å². The van der Waals surface area contributed by atoms with Crippen molar-refractivity contribution in [2.45, 2.75) is 0 Å². The number of para-hydroxylation sites is 2. The van der Waals surface area contributed by atoms with Gasteiger partial charge in [0, 0.05) is 5.69 Å². The molecule has 0 amide bonds. The zero-order chi connectivity index (χ0) is 12.5. The van der Waals surface area contributed by atoms with Gasteiger partial charge < -0.3 is 15.5 Å². The van der Waals surface area contributed by atoms with Gasteiger partial charge in [-0.2, -0.15) is 4.98 Å². The molecule has 5 heteroatoms. The molecule has 90 valence electrons. The van der Waals surface area contributed by atoms with Gasteiger partial charge in [0.05, 0.1) is 10.7 Å². The maximum absolute atomic E-state index is 6.06. The molecule has 4 nitrogen and oxygen atoms in total. The number of nitrogens with one attached hydrogen (secondary N) is 1. The minimum absolute atomic E-state index is 0.392. The average molecular weight is 260 g/mol. The Morgan fingerprint density at radius 2 is 2.00 bits per heavy atom. The van der Waals surface area contributed by atoms with E-state index in [1.165, 1.54) is 0 Å². The minimum atomic E-state index is 0.392. The molecule has 0 unspecified atom stereocenters. The number of hydrogen-bond acceptors (Lipinski definition) is 4. The van der Waals surface area contributed by atoms with E-state index in [0.717, 1.165) is 11.1 Å². The number of benzene rings is 2. The molecule has 0 fully saturated rings. The predicted molar refractivity (Wildman–Crippen MR) is 73.2 cm³/mol. The van der Waals surface area contributed by atoms with E-state index in [0.29, 0.717) is 22.4 Å². The summed E-state index contributed by atoms with van der Waals surface area (Å²) < 4.78 is 5.55. The monoisotopic (exact) mass is 259 g/mol. The lowest BCUT2D eigenvalue weighted by molar-refractivity contribution is 0.623. The van der Waals surface area contributed by atoms with E-state index in [4.69, 9.17) is 21.8 Å². The fourth-order valence-corrected chi connectivity index (χ4v) is 1.84. The quantitative estimate of drug-likeness (QED) is 0.687. The van der Waals surface area contributed by atoms with Crippen LogP contribution in [0, 0.1) is 0 Å². The summed E-state index contributed by atoms with van der Waals surface area (Å²) in [4.78, 5) is 4.30. The Kier molecular flexibility index (Phi) is 2.57. The van der Waals surface area contributed by atoms with Crippen LogP contribution in [-0.4, -0.2) is 4.98 Å². The minimum Gasteiger partial charge on any atom is -0.423 e. The van der Waals surface area contributed by atoms with E-state index in [1.807, 2.05) is 24.3 Å². The second-order valence-electron chi connectivity index (χ2n) is 3.85.